The SMILES string of the molecule is COC(=O)Cc1cc(C)c(Br)nc1C(F)F. The van der Waals surface area contributed by atoms with E-state index >= 15 is 0 Å². The molecule has 1 aromatic rings. The Bertz CT molecular complexity index is 410. The normalized spacial score (nSPS) is 10.6. The second-order valence-corrected chi connectivity index (χ2v) is 3.95. The van der Waals surface area contributed by atoms with Gasteiger partial charge in [0, 0.05) is 0 Å². The second-order valence-electron chi connectivity index (χ2n) is 3.19. The Balaban J connectivity index is 3.14. The van der Waals surface area contributed by atoms with Crippen molar-refractivity contribution in [3.63, 3.8) is 0 Å². The Morgan fingerprint density at radius 1 is 1.62 bits per heavy atom. The quantitative estimate of drug-likeness (QED) is 0.635. The summed E-state index contributed by atoms with van der Waals surface area (Å²) in [6.07, 6.45) is -2.91. The highest BCUT2D eigenvalue weighted by Gasteiger charge is 2.19. The van der Waals surface area contributed by atoms with E-state index in [1.54, 1.807) is 6.92 Å². The molecule has 16 heavy (non-hydrogen) atoms. The number of hydrogen-bond donors (Lipinski definition) is 0. The zero-order valence-corrected chi connectivity index (χ0v) is 10.3. The van der Waals surface area contributed by atoms with Gasteiger partial charge in [0.05, 0.1) is 13.5 Å². The van der Waals surface area contributed by atoms with Crippen molar-refractivity contribution in [2.24, 2.45) is 0 Å². The molecule has 88 valence electrons. The first-order valence-corrected chi connectivity index (χ1v) is 5.26. The smallest absolute Gasteiger partial charge is 0.310 e. The van der Waals surface area contributed by atoms with E-state index in [1.165, 1.54) is 13.2 Å². The average molecular weight is 294 g/mol. The summed E-state index contributed by atoms with van der Waals surface area (Å²) in [5, 5.41) is 0. The first-order chi connectivity index (χ1) is 7.45. The van der Waals surface area contributed by atoms with Crippen LogP contribution in [0.25, 0.3) is 0 Å². The lowest BCUT2D eigenvalue weighted by Gasteiger charge is -2.09. The maximum atomic E-state index is 12.7. The first-order valence-electron chi connectivity index (χ1n) is 4.46. The molecule has 0 saturated heterocycles. The second kappa shape index (κ2) is 5.34. The molecule has 0 aromatic carbocycles. The zero-order valence-electron chi connectivity index (χ0n) is 8.76. The van der Waals surface area contributed by atoms with E-state index in [0.29, 0.717) is 10.2 Å². The summed E-state index contributed by atoms with van der Waals surface area (Å²) >= 11 is 3.07. The minimum absolute atomic E-state index is 0.197. The number of carbonyl (C=O) groups is 1. The molecule has 0 fully saturated rings. The molecular weight excluding hydrogens is 284 g/mol. The molecule has 0 radical (unpaired) electrons. The van der Waals surface area contributed by atoms with Crippen LogP contribution in [-0.4, -0.2) is 18.1 Å². The summed E-state index contributed by atoms with van der Waals surface area (Å²) in [7, 11) is 1.21. The molecule has 0 aliphatic rings. The molecule has 0 bridgehead atoms. The molecule has 0 aliphatic heterocycles. The molecule has 1 rings (SSSR count). The van der Waals surface area contributed by atoms with Crippen LogP contribution in [0.2, 0.25) is 0 Å². The van der Waals surface area contributed by atoms with Crippen molar-refractivity contribution in [3.05, 3.63) is 27.5 Å². The van der Waals surface area contributed by atoms with Crippen molar-refractivity contribution in [1.82, 2.24) is 4.98 Å². The third-order valence-corrected chi connectivity index (χ3v) is 2.84. The van der Waals surface area contributed by atoms with Crippen LogP contribution in [0, 0.1) is 6.92 Å². The van der Waals surface area contributed by atoms with Crippen LogP contribution in [0.1, 0.15) is 23.2 Å². The van der Waals surface area contributed by atoms with Gasteiger partial charge in [0.1, 0.15) is 10.3 Å². The van der Waals surface area contributed by atoms with Crippen molar-refractivity contribution in [3.8, 4) is 0 Å². The monoisotopic (exact) mass is 293 g/mol. The minimum Gasteiger partial charge on any atom is -0.469 e. The number of halogens is 3. The van der Waals surface area contributed by atoms with Crippen LogP contribution in [0.5, 0.6) is 0 Å². The third-order valence-electron chi connectivity index (χ3n) is 2.03. The minimum atomic E-state index is -2.71. The predicted molar refractivity (Wildman–Crippen MR) is 57.4 cm³/mol. The van der Waals surface area contributed by atoms with Gasteiger partial charge in [0.2, 0.25) is 0 Å². The standard InChI is InChI=1S/C10H10BrF2NO2/c1-5-3-6(4-7(15)16-2)8(10(12)13)14-9(5)11/h3,10H,4H2,1-2H3. The number of pyridine rings is 1. The Labute approximate surface area is 99.9 Å². The summed E-state index contributed by atoms with van der Waals surface area (Å²) in [5.74, 6) is -0.564. The summed E-state index contributed by atoms with van der Waals surface area (Å²) in [5.41, 5.74) is 0.508. The van der Waals surface area contributed by atoms with Gasteiger partial charge in [0.25, 0.3) is 6.43 Å². The molecule has 0 amide bonds. The molecule has 0 spiro atoms. The fourth-order valence-corrected chi connectivity index (χ4v) is 1.52. The number of methoxy groups -OCH3 is 1. The average Bonchev–Trinajstić information content (AvgIpc) is 2.22. The van der Waals surface area contributed by atoms with Crippen molar-refractivity contribution in [2.45, 2.75) is 19.8 Å². The third kappa shape index (κ3) is 2.98. The van der Waals surface area contributed by atoms with E-state index in [1.807, 2.05) is 0 Å². The number of carbonyl (C=O) groups excluding carboxylic acids is 1. The first kappa shape index (κ1) is 13.0. The van der Waals surface area contributed by atoms with Gasteiger partial charge in [-0.1, -0.05) is 6.07 Å². The van der Waals surface area contributed by atoms with Crippen LogP contribution in [0.4, 0.5) is 8.78 Å². The summed E-state index contributed by atoms with van der Waals surface area (Å²) < 4.78 is 30.1. The molecule has 0 saturated carbocycles. The Hall–Kier alpha value is -1.04. The number of esters is 1. The molecule has 6 heteroatoms. The lowest BCUT2D eigenvalue weighted by atomic mass is 10.1. The zero-order chi connectivity index (χ0) is 12.3. The number of hydrogen-bond acceptors (Lipinski definition) is 3. The van der Waals surface area contributed by atoms with Gasteiger partial charge in [-0.15, -0.1) is 0 Å². The molecule has 3 nitrogen and oxygen atoms in total. The van der Waals surface area contributed by atoms with Crippen LogP contribution >= 0.6 is 15.9 Å². The lowest BCUT2D eigenvalue weighted by Crippen LogP contribution is -2.09. The van der Waals surface area contributed by atoms with Crippen LogP contribution in [-0.2, 0) is 16.0 Å². The van der Waals surface area contributed by atoms with Crippen LogP contribution in [0.15, 0.2) is 10.7 Å². The molecule has 1 aromatic heterocycles. The van der Waals surface area contributed by atoms with Crippen molar-refractivity contribution < 1.29 is 18.3 Å². The number of nitrogens with zero attached hydrogens (tertiary/aromatic N) is 1. The molecular formula is C10H10BrF2NO2. The van der Waals surface area contributed by atoms with Gasteiger partial charge in [-0.05, 0) is 34.0 Å². The number of aromatic nitrogens is 1. The van der Waals surface area contributed by atoms with E-state index in [4.69, 9.17) is 0 Å². The Morgan fingerprint density at radius 2 is 2.25 bits per heavy atom. The van der Waals surface area contributed by atoms with Crippen LogP contribution in [0.3, 0.4) is 0 Å². The van der Waals surface area contributed by atoms with E-state index in [0.717, 1.165) is 0 Å². The number of ether oxygens (including phenoxy) is 1. The fraction of sp³-hybridized carbons (Fsp3) is 0.400. The van der Waals surface area contributed by atoms with Crippen molar-refractivity contribution in [2.75, 3.05) is 7.11 Å². The van der Waals surface area contributed by atoms with Gasteiger partial charge < -0.3 is 4.74 Å². The van der Waals surface area contributed by atoms with Gasteiger partial charge in [0.15, 0.2) is 0 Å². The van der Waals surface area contributed by atoms with Crippen molar-refractivity contribution in [1.29, 1.82) is 0 Å². The summed E-state index contributed by atoms with van der Waals surface area (Å²) in [6.45, 7) is 1.72. The molecule has 0 atom stereocenters. The summed E-state index contributed by atoms with van der Waals surface area (Å²) in [6, 6.07) is 1.51. The number of alkyl halides is 2. The van der Waals surface area contributed by atoms with E-state index in [9.17, 15) is 13.6 Å². The molecule has 0 N–H and O–H groups in total. The predicted octanol–water partition coefficient (Wildman–Crippen LogP) is 2.81. The van der Waals surface area contributed by atoms with Crippen LogP contribution < -0.4 is 0 Å². The van der Waals surface area contributed by atoms with Gasteiger partial charge in [-0.25, -0.2) is 13.8 Å². The summed E-state index contributed by atoms with van der Waals surface area (Å²) in [4.78, 5) is 14.8. The fourth-order valence-electron chi connectivity index (χ4n) is 1.22. The maximum absolute atomic E-state index is 12.7. The van der Waals surface area contributed by atoms with Crippen molar-refractivity contribution >= 4 is 21.9 Å². The highest BCUT2D eigenvalue weighted by molar-refractivity contribution is 9.10. The van der Waals surface area contributed by atoms with E-state index in [-0.39, 0.29) is 17.7 Å². The van der Waals surface area contributed by atoms with Gasteiger partial charge in [-0.2, -0.15) is 0 Å². The maximum Gasteiger partial charge on any atom is 0.310 e. The van der Waals surface area contributed by atoms with Gasteiger partial charge in [-0.3, -0.25) is 4.79 Å². The Kier molecular flexibility index (Phi) is 4.35. The number of aryl methyl sites for hydroxylation is 1. The van der Waals surface area contributed by atoms with E-state index in [2.05, 4.69) is 25.7 Å². The molecule has 0 aliphatic carbocycles. The van der Waals surface area contributed by atoms with Gasteiger partial charge >= 0.3 is 5.97 Å². The lowest BCUT2D eigenvalue weighted by molar-refractivity contribution is -0.139. The Morgan fingerprint density at radius 3 is 2.75 bits per heavy atom. The number of rotatable bonds is 3. The molecule has 1 heterocycles. The molecule has 0 unspecified atom stereocenters. The highest BCUT2D eigenvalue weighted by atomic mass is 79.9. The topological polar surface area (TPSA) is 39.2 Å². The largest absolute Gasteiger partial charge is 0.469 e. The van der Waals surface area contributed by atoms with E-state index < -0.39 is 12.4 Å². The highest BCUT2D eigenvalue weighted by Crippen LogP contribution is 2.26.